The van der Waals surface area contributed by atoms with E-state index in [0.717, 1.165) is 30.7 Å². The van der Waals surface area contributed by atoms with E-state index in [1.807, 2.05) is 0 Å². The molecule has 1 atom stereocenters. The standard InChI is InChI=1S/C19H28F2N2O6S2/c1-19(2,3)29-18(24)22(4)12-14-6-5-11-23(13-14)31(27,28)16-9-7-15(8-10-16)30(25,26)17(20)21/h7-10,14,17H,5-6,11-13H2,1-4H3/t14-/m1/s1. The van der Waals surface area contributed by atoms with E-state index in [1.165, 1.54) is 9.21 Å². The van der Waals surface area contributed by atoms with Crippen molar-refractivity contribution >= 4 is 26.0 Å². The van der Waals surface area contributed by atoms with Crippen LogP contribution in [0.25, 0.3) is 0 Å². The van der Waals surface area contributed by atoms with Gasteiger partial charge in [0.25, 0.3) is 0 Å². The number of carbonyl (C=O) groups is 1. The summed E-state index contributed by atoms with van der Waals surface area (Å²) in [4.78, 5) is 12.8. The van der Waals surface area contributed by atoms with E-state index in [0.29, 0.717) is 13.0 Å². The summed E-state index contributed by atoms with van der Waals surface area (Å²) < 4.78 is 80.9. The lowest BCUT2D eigenvalue weighted by Crippen LogP contribution is -2.44. The summed E-state index contributed by atoms with van der Waals surface area (Å²) in [6.45, 7) is 6.02. The third-order valence-corrected chi connectivity index (χ3v) is 8.02. The molecular weight excluding hydrogens is 454 g/mol. The van der Waals surface area contributed by atoms with Crippen LogP contribution in [0.15, 0.2) is 34.1 Å². The number of benzene rings is 1. The second kappa shape index (κ2) is 9.37. The predicted octanol–water partition coefficient (Wildman–Crippen LogP) is 2.95. The van der Waals surface area contributed by atoms with E-state index in [1.54, 1.807) is 27.8 Å². The number of alkyl halides is 2. The SMILES string of the molecule is CN(C[C@H]1CCCN(S(=O)(=O)c2ccc(S(=O)(=O)C(F)F)cc2)C1)C(=O)OC(C)(C)C. The summed E-state index contributed by atoms with van der Waals surface area (Å²) >= 11 is 0. The summed E-state index contributed by atoms with van der Waals surface area (Å²) in [7, 11) is -7.16. The van der Waals surface area contributed by atoms with Crippen molar-refractivity contribution in [3.63, 3.8) is 0 Å². The van der Waals surface area contributed by atoms with E-state index in [2.05, 4.69) is 0 Å². The number of sulfonamides is 1. The minimum absolute atomic E-state index is 0.112. The Balaban J connectivity index is 2.11. The number of halogens is 2. The van der Waals surface area contributed by atoms with Crippen LogP contribution >= 0.6 is 0 Å². The molecule has 1 amide bonds. The molecule has 1 aliphatic heterocycles. The highest BCUT2D eigenvalue weighted by Crippen LogP contribution is 2.26. The van der Waals surface area contributed by atoms with Crippen LogP contribution in [-0.2, 0) is 24.6 Å². The molecule has 0 aromatic heterocycles. The maximum absolute atomic E-state index is 13.0. The lowest BCUT2D eigenvalue weighted by molar-refractivity contribution is 0.0258. The zero-order valence-corrected chi connectivity index (χ0v) is 19.5. The monoisotopic (exact) mass is 482 g/mol. The summed E-state index contributed by atoms with van der Waals surface area (Å²) in [5, 5.41) is 0. The summed E-state index contributed by atoms with van der Waals surface area (Å²) in [5.74, 6) is -3.70. The Morgan fingerprint density at radius 1 is 1.16 bits per heavy atom. The second-order valence-electron chi connectivity index (χ2n) is 8.51. The molecule has 0 radical (unpaired) electrons. The van der Waals surface area contributed by atoms with Gasteiger partial charge >= 0.3 is 11.9 Å². The van der Waals surface area contributed by atoms with Crippen molar-refractivity contribution in [2.24, 2.45) is 5.92 Å². The number of amides is 1. The number of rotatable bonds is 6. The second-order valence-corrected chi connectivity index (χ2v) is 12.4. The molecule has 0 spiro atoms. The normalized spacial score (nSPS) is 18.7. The lowest BCUT2D eigenvalue weighted by atomic mass is 9.99. The van der Waals surface area contributed by atoms with Crippen LogP contribution in [0.4, 0.5) is 13.6 Å². The lowest BCUT2D eigenvalue weighted by Gasteiger charge is -2.34. The molecule has 1 heterocycles. The highest BCUT2D eigenvalue weighted by atomic mass is 32.2. The molecule has 2 rings (SSSR count). The average molecular weight is 483 g/mol. The number of carbonyl (C=O) groups excluding carboxylic acids is 1. The van der Waals surface area contributed by atoms with Crippen molar-refractivity contribution in [1.82, 2.24) is 9.21 Å². The van der Waals surface area contributed by atoms with Crippen LogP contribution in [-0.4, -0.2) is 70.2 Å². The molecule has 12 heteroatoms. The first-order valence-electron chi connectivity index (χ1n) is 9.71. The van der Waals surface area contributed by atoms with Gasteiger partial charge in [-0.05, 0) is 63.8 Å². The number of piperidine rings is 1. The molecule has 176 valence electrons. The average Bonchev–Trinajstić information content (AvgIpc) is 2.66. The van der Waals surface area contributed by atoms with Gasteiger partial charge in [0.2, 0.25) is 19.9 Å². The van der Waals surface area contributed by atoms with Crippen LogP contribution in [0.2, 0.25) is 0 Å². The van der Waals surface area contributed by atoms with Crippen LogP contribution in [0, 0.1) is 5.92 Å². The van der Waals surface area contributed by atoms with Gasteiger partial charge in [0.1, 0.15) is 5.60 Å². The van der Waals surface area contributed by atoms with E-state index in [4.69, 9.17) is 4.74 Å². The van der Waals surface area contributed by atoms with Crippen LogP contribution in [0.1, 0.15) is 33.6 Å². The largest absolute Gasteiger partial charge is 0.444 e. The third-order valence-electron chi connectivity index (χ3n) is 4.74. The Hall–Kier alpha value is -1.79. The molecule has 0 saturated carbocycles. The molecule has 0 N–H and O–H groups in total. The van der Waals surface area contributed by atoms with Gasteiger partial charge in [-0.25, -0.2) is 21.6 Å². The van der Waals surface area contributed by atoms with Gasteiger partial charge in [-0.2, -0.15) is 13.1 Å². The van der Waals surface area contributed by atoms with Crippen LogP contribution < -0.4 is 0 Å². The maximum atomic E-state index is 13.0. The molecule has 1 aromatic rings. The van der Waals surface area contributed by atoms with Crippen molar-refractivity contribution < 1.29 is 35.1 Å². The van der Waals surface area contributed by atoms with E-state index in [-0.39, 0.29) is 23.9 Å². The van der Waals surface area contributed by atoms with E-state index >= 15 is 0 Å². The van der Waals surface area contributed by atoms with E-state index < -0.39 is 42.2 Å². The third kappa shape index (κ3) is 6.36. The highest BCUT2D eigenvalue weighted by Gasteiger charge is 2.33. The van der Waals surface area contributed by atoms with Crippen molar-refractivity contribution in [2.75, 3.05) is 26.7 Å². The molecule has 1 saturated heterocycles. The van der Waals surface area contributed by atoms with E-state index in [9.17, 15) is 30.4 Å². The van der Waals surface area contributed by atoms with Crippen molar-refractivity contribution in [3.8, 4) is 0 Å². The maximum Gasteiger partial charge on any atom is 0.410 e. The van der Waals surface area contributed by atoms with Crippen molar-refractivity contribution in [1.29, 1.82) is 0 Å². The first-order valence-corrected chi connectivity index (χ1v) is 12.7. The summed E-state index contributed by atoms with van der Waals surface area (Å²) in [6, 6.07) is 3.76. The fraction of sp³-hybridized carbons (Fsp3) is 0.632. The molecule has 1 fully saturated rings. The first-order chi connectivity index (χ1) is 14.1. The fourth-order valence-electron chi connectivity index (χ4n) is 3.25. The Bertz CT molecular complexity index is 989. The molecular formula is C19H28F2N2O6S2. The topological polar surface area (TPSA) is 101 Å². The molecule has 0 unspecified atom stereocenters. The number of sulfone groups is 1. The Kier molecular flexibility index (Phi) is 7.70. The summed E-state index contributed by atoms with van der Waals surface area (Å²) in [5.41, 5.74) is -0.642. The Labute approximate surface area is 182 Å². The molecule has 0 aliphatic carbocycles. The van der Waals surface area contributed by atoms with Crippen LogP contribution in [0.3, 0.4) is 0 Å². The van der Waals surface area contributed by atoms with Gasteiger partial charge < -0.3 is 9.64 Å². The highest BCUT2D eigenvalue weighted by molar-refractivity contribution is 7.91. The van der Waals surface area contributed by atoms with Crippen molar-refractivity contribution in [3.05, 3.63) is 24.3 Å². The molecule has 0 bridgehead atoms. The zero-order valence-electron chi connectivity index (χ0n) is 17.9. The van der Waals surface area contributed by atoms with Gasteiger partial charge in [-0.1, -0.05) is 0 Å². The van der Waals surface area contributed by atoms with Gasteiger partial charge in [-0.3, -0.25) is 0 Å². The quantitative estimate of drug-likeness (QED) is 0.618. The number of nitrogens with zero attached hydrogens (tertiary/aromatic N) is 2. The number of hydrogen-bond donors (Lipinski definition) is 0. The van der Waals surface area contributed by atoms with Crippen molar-refractivity contribution in [2.45, 2.75) is 54.8 Å². The Morgan fingerprint density at radius 3 is 2.23 bits per heavy atom. The minimum atomic E-state index is -4.80. The number of ether oxygens (including phenoxy) is 1. The van der Waals surface area contributed by atoms with Crippen LogP contribution in [0.5, 0.6) is 0 Å². The van der Waals surface area contributed by atoms with Gasteiger partial charge in [0, 0.05) is 26.7 Å². The number of hydrogen-bond acceptors (Lipinski definition) is 6. The summed E-state index contributed by atoms with van der Waals surface area (Å²) in [6.07, 6.45) is 0.817. The molecule has 31 heavy (non-hydrogen) atoms. The van der Waals surface area contributed by atoms with Gasteiger partial charge in [0.15, 0.2) is 0 Å². The Morgan fingerprint density at radius 2 is 1.71 bits per heavy atom. The first kappa shape index (κ1) is 25.5. The zero-order chi connectivity index (χ0) is 23.6. The van der Waals surface area contributed by atoms with Gasteiger partial charge in [-0.15, -0.1) is 0 Å². The molecule has 8 nitrogen and oxygen atoms in total. The fourth-order valence-corrected chi connectivity index (χ4v) is 5.52. The molecule has 1 aromatic carbocycles. The minimum Gasteiger partial charge on any atom is -0.444 e. The smallest absolute Gasteiger partial charge is 0.410 e. The van der Waals surface area contributed by atoms with Gasteiger partial charge in [0.05, 0.1) is 9.79 Å². The molecule has 1 aliphatic rings. The predicted molar refractivity (Wildman–Crippen MR) is 110 cm³/mol.